The van der Waals surface area contributed by atoms with Crippen LogP contribution in [0.25, 0.3) is 0 Å². The van der Waals surface area contributed by atoms with Gasteiger partial charge < -0.3 is 0 Å². The first-order valence-corrected chi connectivity index (χ1v) is 7.52. The van der Waals surface area contributed by atoms with Crippen molar-refractivity contribution in [2.24, 2.45) is 5.92 Å². The van der Waals surface area contributed by atoms with Crippen molar-refractivity contribution in [2.75, 3.05) is 17.2 Å². The normalized spacial score (nSPS) is 18.6. The Kier molecular flexibility index (Phi) is 4.59. The van der Waals surface area contributed by atoms with Gasteiger partial charge in [-0.25, -0.2) is 4.98 Å². The van der Waals surface area contributed by atoms with Crippen LogP contribution in [0.4, 0.5) is 5.95 Å². The molecule has 1 atom stereocenters. The summed E-state index contributed by atoms with van der Waals surface area (Å²) in [5.74, 6) is 0.993. The first-order chi connectivity index (χ1) is 9.49. The molecule has 0 aromatic carbocycles. The lowest BCUT2D eigenvalue weighted by Crippen LogP contribution is -2.29. The summed E-state index contributed by atoms with van der Waals surface area (Å²) in [6.45, 7) is 3.92. The molecule has 1 aliphatic rings. The van der Waals surface area contributed by atoms with E-state index < -0.39 is 0 Å². The molecule has 108 valence electrons. The van der Waals surface area contributed by atoms with E-state index in [9.17, 15) is 14.4 Å². The molecule has 1 aromatic heterocycles. The van der Waals surface area contributed by atoms with Gasteiger partial charge in [0.2, 0.25) is 11.9 Å². The van der Waals surface area contributed by atoms with E-state index in [0.29, 0.717) is 36.8 Å². The highest BCUT2D eigenvalue weighted by Crippen LogP contribution is 2.24. The highest BCUT2D eigenvalue weighted by atomic mass is 32.2. The molecular formula is C13H17N3O3S. The lowest BCUT2D eigenvalue weighted by atomic mass is 10.1. The van der Waals surface area contributed by atoms with Gasteiger partial charge in [-0.15, -0.1) is 0 Å². The Bertz CT molecular complexity index is 584. The van der Waals surface area contributed by atoms with Gasteiger partial charge in [-0.05, 0) is 12.3 Å². The van der Waals surface area contributed by atoms with Gasteiger partial charge in [0.1, 0.15) is 0 Å². The van der Waals surface area contributed by atoms with Gasteiger partial charge in [0.15, 0.2) is 5.12 Å². The highest BCUT2D eigenvalue weighted by molar-refractivity contribution is 8.13. The van der Waals surface area contributed by atoms with E-state index in [-0.39, 0.29) is 22.5 Å². The van der Waals surface area contributed by atoms with E-state index in [2.05, 4.69) is 9.97 Å². The summed E-state index contributed by atoms with van der Waals surface area (Å²) in [6, 6.07) is 1.44. The van der Waals surface area contributed by atoms with Crippen LogP contribution in [-0.2, 0) is 16.0 Å². The molecule has 0 spiro atoms. The van der Waals surface area contributed by atoms with E-state index in [1.165, 1.54) is 29.7 Å². The number of aryl methyl sites for hydroxylation is 1. The second-order valence-electron chi connectivity index (χ2n) is 4.79. The number of thioether (sulfide) groups is 1. The van der Waals surface area contributed by atoms with Crippen LogP contribution >= 0.6 is 11.8 Å². The van der Waals surface area contributed by atoms with Crippen LogP contribution in [0.3, 0.4) is 0 Å². The van der Waals surface area contributed by atoms with Crippen molar-refractivity contribution in [1.29, 1.82) is 0 Å². The van der Waals surface area contributed by atoms with Crippen molar-refractivity contribution < 1.29 is 9.59 Å². The summed E-state index contributed by atoms with van der Waals surface area (Å²) in [6.07, 6.45) is 1.03. The van der Waals surface area contributed by atoms with Gasteiger partial charge >= 0.3 is 0 Å². The number of carbonyl (C=O) groups excluding carboxylic acids is 2. The van der Waals surface area contributed by atoms with E-state index in [1.807, 2.05) is 6.92 Å². The zero-order chi connectivity index (χ0) is 14.7. The van der Waals surface area contributed by atoms with Crippen LogP contribution in [0.1, 0.15) is 26.0 Å². The Morgan fingerprint density at radius 2 is 2.30 bits per heavy atom. The molecule has 0 radical (unpaired) electrons. The van der Waals surface area contributed by atoms with Crippen LogP contribution in [-0.4, -0.2) is 33.3 Å². The molecule has 0 aliphatic carbocycles. The minimum Gasteiger partial charge on any atom is -0.292 e. The summed E-state index contributed by atoms with van der Waals surface area (Å²) < 4.78 is 0. The van der Waals surface area contributed by atoms with Crippen LogP contribution in [0.15, 0.2) is 10.9 Å². The number of amides is 1. The molecule has 1 fully saturated rings. The van der Waals surface area contributed by atoms with Crippen LogP contribution < -0.4 is 10.5 Å². The molecule has 0 saturated carbocycles. The predicted octanol–water partition coefficient (Wildman–Crippen LogP) is 0.965. The monoisotopic (exact) mass is 295 g/mol. The molecule has 6 nitrogen and oxygen atoms in total. The fraction of sp³-hybridized carbons (Fsp3) is 0.538. The molecule has 1 saturated heterocycles. The summed E-state index contributed by atoms with van der Waals surface area (Å²) in [5, 5.41) is 0.0513. The molecule has 1 N–H and O–H groups in total. The van der Waals surface area contributed by atoms with Crippen molar-refractivity contribution in [3.8, 4) is 0 Å². The highest BCUT2D eigenvalue weighted by Gasteiger charge is 2.32. The van der Waals surface area contributed by atoms with Crippen LogP contribution in [0.5, 0.6) is 0 Å². The van der Waals surface area contributed by atoms with Gasteiger partial charge in [-0.3, -0.25) is 24.3 Å². The number of hydrogen-bond donors (Lipinski definition) is 1. The van der Waals surface area contributed by atoms with E-state index in [0.717, 1.165) is 0 Å². The number of aromatic amines is 1. The second-order valence-corrected chi connectivity index (χ2v) is 5.99. The summed E-state index contributed by atoms with van der Waals surface area (Å²) in [4.78, 5) is 42.9. The van der Waals surface area contributed by atoms with E-state index >= 15 is 0 Å². The number of rotatable bonds is 4. The Balaban J connectivity index is 2.13. The third-order valence-electron chi connectivity index (χ3n) is 3.13. The first-order valence-electron chi connectivity index (χ1n) is 6.53. The average molecular weight is 295 g/mol. The Morgan fingerprint density at radius 3 is 2.95 bits per heavy atom. The lowest BCUT2D eigenvalue weighted by Gasteiger charge is -2.15. The average Bonchev–Trinajstić information content (AvgIpc) is 2.77. The van der Waals surface area contributed by atoms with Crippen molar-refractivity contribution in [1.82, 2.24) is 9.97 Å². The zero-order valence-corrected chi connectivity index (χ0v) is 12.3. The predicted molar refractivity (Wildman–Crippen MR) is 77.8 cm³/mol. The number of hydrogen-bond acceptors (Lipinski definition) is 5. The number of aromatic nitrogens is 2. The van der Waals surface area contributed by atoms with Crippen LogP contribution in [0, 0.1) is 5.92 Å². The quantitative estimate of drug-likeness (QED) is 0.894. The van der Waals surface area contributed by atoms with Gasteiger partial charge in [0.25, 0.3) is 5.56 Å². The number of carbonyl (C=O) groups is 2. The SMILES string of the molecule is CCc1cc(=O)[nH]c(N2CC(CSC(C)=O)CC2=O)n1. The second kappa shape index (κ2) is 6.21. The molecule has 1 aromatic rings. The van der Waals surface area contributed by atoms with Crippen LogP contribution in [0.2, 0.25) is 0 Å². The first kappa shape index (κ1) is 14.8. The lowest BCUT2D eigenvalue weighted by molar-refractivity contribution is -0.117. The fourth-order valence-electron chi connectivity index (χ4n) is 2.14. The largest absolute Gasteiger partial charge is 0.292 e. The third kappa shape index (κ3) is 3.47. The van der Waals surface area contributed by atoms with Crippen molar-refractivity contribution in [2.45, 2.75) is 26.7 Å². The maximum absolute atomic E-state index is 12.0. The fourth-order valence-corrected chi connectivity index (χ4v) is 2.83. The number of anilines is 1. The molecular weight excluding hydrogens is 278 g/mol. The zero-order valence-electron chi connectivity index (χ0n) is 11.5. The van der Waals surface area contributed by atoms with E-state index in [1.54, 1.807) is 0 Å². The molecule has 20 heavy (non-hydrogen) atoms. The summed E-state index contributed by atoms with van der Waals surface area (Å²) in [5.41, 5.74) is 0.416. The minimum atomic E-state index is -0.249. The Morgan fingerprint density at radius 1 is 1.55 bits per heavy atom. The van der Waals surface area contributed by atoms with Crippen molar-refractivity contribution in [3.63, 3.8) is 0 Å². The third-order valence-corrected chi connectivity index (χ3v) is 4.17. The summed E-state index contributed by atoms with van der Waals surface area (Å²) in [7, 11) is 0. The molecule has 2 heterocycles. The molecule has 7 heteroatoms. The molecule has 0 bridgehead atoms. The molecule has 2 rings (SSSR count). The number of nitrogens with zero attached hydrogens (tertiary/aromatic N) is 2. The van der Waals surface area contributed by atoms with Gasteiger partial charge in [0.05, 0.1) is 0 Å². The topological polar surface area (TPSA) is 83.1 Å². The Labute approximate surface area is 121 Å². The maximum atomic E-state index is 12.0. The number of H-pyrrole nitrogens is 1. The maximum Gasteiger partial charge on any atom is 0.252 e. The minimum absolute atomic E-state index is 0.0513. The van der Waals surface area contributed by atoms with E-state index in [4.69, 9.17) is 0 Å². The standard InChI is InChI=1S/C13H17N3O3S/c1-3-10-5-11(18)15-13(14-10)16-6-9(4-12(16)19)7-20-8(2)17/h5,9H,3-4,6-7H2,1-2H3,(H,14,15,18). The molecule has 1 unspecified atom stereocenters. The summed E-state index contributed by atoms with van der Waals surface area (Å²) >= 11 is 1.23. The van der Waals surface area contributed by atoms with Crippen molar-refractivity contribution in [3.05, 3.63) is 22.1 Å². The smallest absolute Gasteiger partial charge is 0.252 e. The van der Waals surface area contributed by atoms with Gasteiger partial charge in [-0.2, -0.15) is 0 Å². The molecule has 1 amide bonds. The van der Waals surface area contributed by atoms with Crippen molar-refractivity contribution >= 4 is 28.7 Å². The Hall–Kier alpha value is -1.63. The van der Waals surface area contributed by atoms with Gasteiger partial charge in [0, 0.05) is 37.4 Å². The number of nitrogens with one attached hydrogen (secondary N) is 1. The van der Waals surface area contributed by atoms with Gasteiger partial charge in [-0.1, -0.05) is 18.7 Å². The molecule has 1 aliphatic heterocycles.